The largest absolute Gasteiger partial charge is 0.511 e. The maximum atomic E-state index is 14.5. The Labute approximate surface area is 196 Å². The Balaban J connectivity index is 1.79. The molecule has 1 aliphatic carbocycles. The zero-order valence-corrected chi connectivity index (χ0v) is 20.3. The Morgan fingerprint density at radius 2 is 1.85 bits per heavy atom. The molecule has 3 rings (SSSR count). The number of rotatable bonds is 9. The molecule has 4 nitrogen and oxygen atoms in total. The minimum atomic E-state index is -1.60. The average molecular weight is 454 g/mol. The second kappa shape index (κ2) is 9.28. The number of halogens is 1. The summed E-state index contributed by atoms with van der Waals surface area (Å²) in [5, 5.41) is 10.6. The van der Waals surface area contributed by atoms with Gasteiger partial charge in [0, 0.05) is 36.4 Å². The molecular formula is C28H36FNO3. The van der Waals surface area contributed by atoms with E-state index in [9.17, 15) is 19.1 Å². The van der Waals surface area contributed by atoms with Gasteiger partial charge < -0.3 is 10.0 Å². The van der Waals surface area contributed by atoms with Crippen LogP contribution in [0.4, 0.5) is 4.39 Å². The predicted molar refractivity (Wildman–Crippen MR) is 129 cm³/mol. The number of allylic oxidation sites excluding steroid dienone is 2. The van der Waals surface area contributed by atoms with Crippen molar-refractivity contribution in [3.8, 4) is 0 Å². The number of aliphatic hydroxyl groups excluding tert-OH is 1. The van der Waals surface area contributed by atoms with Crippen molar-refractivity contribution in [3.05, 3.63) is 71.7 Å². The highest BCUT2D eigenvalue weighted by Crippen LogP contribution is 2.39. The first-order valence-corrected chi connectivity index (χ1v) is 11.8. The van der Waals surface area contributed by atoms with Gasteiger partial charge in [-0.2, -0.15) is 0 Å². The van der Waals surface area contributed by atoms with E-state index in [4.69, 9.17) is 0 Å². The number of carbonyl (C=O) groups is 2. The van der Waals surface area contributed by atoms with Crippen LogP contribution in [0.5, 0.6) is 0 Å². The van der Waals surface area contributed by atoms with Gasteiger partial charge in [-0.05, 0) is 37.8 Å². The van der Waals surface area contributed by atoms with Crippen molar-refractivity contribution in [2.24, 2.45) is 11.3 Å². The minimum absolute atomic E-state index is 0.0344. The van der Waals surface area contributed by atoms with Crippen molar-refractivity contribution in [3.63, 3.8) is 0 Å². The number of alkyl halides is 1. The number of ketones is 2. The monoisotopic (exact) mass is 453 g/mol. The van der Waals surface area contributed by atoms with Crippen molar-refractivity contribution in [1.82, 2.24) is 4.90 Å². The summed E-state index contributed by atoms with van der Waals surface area (Å²) in [6.45, 7) is 15.2. The van der Waals surface area contributed by atoms with E-state index in [1.54, 1.807) is 26.0 Å². The van der Waals surface area contributed by atoms with Gasteiger partial charge in [0.25, 0.3) is 0 Å². The van der Waals surface area contributed by atoms with Gasteiger partial charge in [0.15, 0.2) is 11.5 Å². The molecule has 2 unspecified atom stereocenters. The number of carbonyl (C=O) groups excluding carboxylic acids is 2. The molecule has 0 aromatic heterocycles. The van der Waals surface area contributed by atoms with Gasteiger partial charge >= 0.3 is 0 Å². The lowest BCUT2D eigenvalue weighted by Gasteiger charge is -2.39. The van der Waals surface area contributed by atoms with E-state index in [1.807, 2.05) is 24.0 Å². The van der Waals surface area contributed by atoms with Crippen LogP contribution in [0.3, 0.4) is 0 Å². The number of Topliss-reactive ketones (excluding diaryl/α,β-unsaturated/α-hetero) is 2. The fourth-order valence-electron chi connectivity index (χ4n) is 4.60. The molecule has 0 spiro atoms. The average Bonchev–Trinajstić information content (AvgIpc) is 2.71. The van der Waals surface area contributed by atoms with E-state index in [0.717, 1.165) is 24.8 Å². The Morgan fingerprint density at radius 3 is 2.36 bits per heavy atom. The van der Waals surface area contributed by atoms with Crippen molar-refractivity contribution >= 4 is 11.6 Å². The third kappa shape index (κ3) is 4.97. The number of hydrogen-bond acceptors (Lipinski definition) is 4. The van der Waals surface area contributed by atoms with Crippen LogP contribution in [0.1, 0.15) is 77.0 Å². The standard InChI is InChI=1S/C28H36FNO3/c1-7-28(6,29)22-13-11-20(12-14-22)18(2)30-16-15-23(31)25(19(30)3)26(33)27(4,5)17-24(32)21-9-8-10-21/h7,11-14,18,21,31H,1,3,8-10,15-17H2,2,4-6H3. The first-order valence-electron chi connectivity index (χ1n) is 11.8. The van der Waals surface area contributed by atoms with E-state index in [2.05, 4.69) is 13.2 Å². The summed E-state index contributed by atoms with van der Waals surface area (Å²) >= 11 is 0. The summed E-state index contributed by atoms with van der Waals surface area (Å²) in [5.74, 6) is -0.0111. The maximum absolute atomic E-state index is 14.5. The molecule has 0 amide bonds. The molecule has 1 aromatic rings. The minimum Gasteiger partial charge on any atom is -0.511 e. The zero-order valence-electron chi connectivity index (χ0n) is 20.3. The van der Waals surface area contributed by atoms with Crippen LogP contribution in [-0.2, 0) is 15.3 Å². The molecular weight excluding hydrogens is 417 g/mol. The summed E-state index contributed by atoms with van der Waals surface area (Å²) in [6, 6.07) is 7.10. The van der Waals surface area contributed by atoms with E-state index in [0.29, 0.717) is 24.2 Å². The Morgan fingerprint density at radius 1 is 1.24 bits per heavy atom. The van der Waals surface area contributed by atoms with Crippen LogP contribution >= 0.6 is 0 Å². The zero-order chi connectivity index (χ0) is 24.6. The fraction of sp³-hybridized carbons (Fsp3) is 0.500. The number of benzene rings is 1. The highest BCUT2D eigenvalue weighted by molar-refractivity contribution is 6.05. The molecule has 0 radical (unpaired) electrons. The van der Waals surface area contributed by atoms with Crippen LogP contribution in [0.2, 0.25) is 0 Å². The van der Waals surface area contributed by atoms with Crippen LogP contribution in [-0.4, -0.2) is 28.1 Å². The van der Waals surface area contributed by atoms with Gasteiger partial charge in [0.2, 0.25) is 0 Å². The van der Waals surface area contributed by atoms with Crippen molar-refractivity contribution in [2.75, 3.05) is 6.54 Å². The normalized spacial score (nSPS) is 20.2. The number of nitrogens with zero attached hydrogens (tertiary/aromatic N) is 1. The molecule has 1 saturated carbocycles. The lowest BCUT2D eigenvalue weighted by molar-refractivity contribution is -0.133. The Bertz CT molecular complexity index is 983. The van der Waals surface area contributed by atoms with E-state index < -0.39 is 11.1 Å². The molecule has 5 heteroatoms. The third-order valence-electron chi connectivity index (χ3n) is 7.34. The van der Waals surface area contributed by atoms with E-state index in [-0.39, 0.29) is 41.3 Å². The lowest BCUT2D eigenvalue weighted by Crippen LogP contribution is -2.39. The van der Waals surface area contributed by atoms with Crippen molar-refractivity contribution in [2.45, 2.75) is 71.5 Å². The topological polar surface area (TPSA) is 57.6 Å². The molecule has 1 aromatic carbocycles. The molecule has 33 heavy (non-hydrogen) atoms. The Kier molecular flexibility index (Phi) is 7.01. The van der Waals surface area contributed by atoms with Gasteiger partial charge in [-0.25, -0.2) is 4.39 Å². The SMILES string of the molecule is C=CC(C)(F)c1ccc(C(C)N2CCC(O)=C(C(=O)C(C)(C)CC(=O)C3CCC3)C2=C)cc1. The van der Waals surface area contributed by atoms with Crippen LogP contribution in [0, 0.1) is 11.3 Å². The lowest BCUT2D eigenvalue weighted by atomic mass is 9.72. The van der Waals surface area contributed by atoms with Gasteiger partial charge in [0.1, 0.15) is 11.5 Å². The van der Waals surface area contributed by atoms with Gasteiger partial charge in [-0.1, -0.05) is 63.8 Å². The van der Waals surface area contributed by atoms with Crippen LogP contribution < -0.4 is 0 Å². The highest BCUT2D eigenvalue weighted by Gasteiger charge is 2.40. The number of hydrogen-bond donors (Lipinski definition) is 1. The summed E-state index contributed by atoms with van der Waals surface area (Å²) < 4.78 is 14.5. The summed E-state index contributed by atoms with van der Waals surface area (Å²) in [5.41, 5.74) is -0.356. The van der Waals surface area contributed by atoms with Crippen molar-refractivity contribution < 1.29 is 19.1 Å². The predicted octanol–water partition coefficient (Wildman–Crippen LogP) is 6.50. The third-order valence-corrected chi connectivity index (χ3v) is 7.34. The molecule has 1 N–H and O–H groups in total. The summed E-state index contributed by atoms with van der Waals surface area (Å²) in [4.78, 5) is 28.1. The maximum Gasteiger partial charge on any atom is 0.174 e. The number of aliphatic hydroxyl groups is 1. The highest BCUT2D eigenvalue weighted by atomic mass is 19.1. The summed E-state index contributed by atoms with van der Waals surface area (Å²) in [7, 11) is 0. The van der Waals surface area contributed by atoms with Crippen LogP contribution in [0.25, 0.3) is 0 Å². The van der Waals surface area contributed by atoms with Crippen molar-refractivity contribution in [1.29, 1.82) is 0 Å². The van der Waals surface area contributed by atoms with Gasteiger partial charge in [-0.15, -0.1) is 0 Å². The molecule has 0 bridgehead atoms. The second-order valence-corrected chi connectivity index (χ2v) is 10.3. The second-order valence-electron chi connectivity index (χ2n) is 10.3. The first kappa shape index (κ1) is 24.9. The van der Waals surface area contributed by atoms with E-state index >= 15 is 0 Å². The van der Waals surface area contributed by atoms with E-state index in [1.165, 1.54) is 13.0 Å². The molecule has 2 atom stereocenters. The van der Waals surface area contributed by atoms with Gasteiger partial charge in [0.05, 0.1) is 11.6 Å². The molecule has 1 heterocycles. The molecule has 178 valence electrons. The Hall–Kier alpha value is -2.69. The molecule has 0 saturated heterocycles. The molecule has 1 fully saturated rings. The van der Waals surface area contributed by atoms with Gasteiger partial charge in [-0.3, -0.25) is 9.59 Å². The summed E-state index contributed by atoms with van der Waals surface area (Å²) in [6.07, 6.45) is 4.65. The molecule has 1 aliphatic heterocycles. The first-order chi connectivity index (χ1) is 15.4. The molecule has 2 aliphatic rings. The smallest absolute Gasteiger partial charge is 0.174 e. The fourth-order valence-corrected chi connectivity index (χ4v) is 4.60. The van der Waals surface area contributed by atoms with Crippen LogP contribution in [0.15, 0.2) is 60.5 Å². The quantitative estimate of drug-likeness (QED) is 0.433.